The molecule has 1 N–H and O–H groups in total. The van der Waals surface area contributed by atoms with Crippen molar-refractivity contribution in [1.82, 2.24) is 24.5 Å². The summed E-state index contributed by atoms with van der Waals surface area (Å²) < 4.78 is 32.1. The van der Waals surface area contributed by atoms with Gasteiger partial charge in [-0.15, -0.1) is 10.2 Å². The molecular weight excluding hydrogens is 420 g/mol. The lowest BCUT2D eigenvalue weighted by Gasteiger charge is -2.15. The predicted molar refractivity (Wildman–Crippen MR) is 112 cm³/mol. The van der Waals surface area contributed by atoms with Crippen LogP contribution in [0.4, 0.5) is 5.69 Å². The molecule has 0 aliphatic carbocycles. The van der Waals surface area contributed by atoms with Crippen LogP contribution in [0.2, 0.25) is 0 Å². The Labute approximate surface area is 179 Å². The number of nitrogens with one attached hydrogen (secondary N) is 1. The maximum Gasteiger partial charge on any atom is 0.248 e. The molecule has 31 heavy (non-hydrogen) atoms. The van der Waals surface area contributed by atoms with Crippen molar-refractivity contribution in [2.45, 2.75) is 30.9 Å². The first-order chi connectivity index (χ1) is 15.0. The van der Waals surface area contributed by atoms with Crippen LogP contribution < -0.4 is 10.1 Å². The van der Waals surface area contributed by atoms with Gasteiger partial charge in [-0.2, -0.15) is 9.10 Å². The van der Waals surface area contributed by atoms with Gasteiger partial charge in [-0.1, -0.05) is 18.2 Å². The number of carbonyl (C=O) groups is 1. The van der Waals surface area contributed by atoms with Crippen LogP contribution in [0.25, 0.3) is 0 Å². The minimum atomic E-state index is -3.48. The first-order valence-corrected chi connectivity index (χ1v) is 11.3. The quantitative estimate of drug-likeness (QED) is 0.564. The molecule has 1 amide bonds. The number of carbonyl (C=O) groups excluding carboxylic acids is 1. The number of anilines is 1. The molecule has 11 heteroatoms. The van der Waals surface area contributed by atoms with Crippen molar-refractivity contribution in [2.75, 3.05) is 18.4 Å². The summed E-state index contributed by atoms with van der Waals surface area (Å²) in [5, 5.41) is 14.5. The maximum absolute atomic E-state index is 12.6. The van der Waals surface area contributed by atoms with E-state index in [-0.39, 0.29) is 24.0 Å². The lowest BCUT2D eigenvalue weighted by atomic mass is 10.3. The zero-order valence-electron chi connectivity index (χ0n) is 16.7. The van der Waals surface area contributed by atoms with Crippen molar-refractivity contribution in [1.29, 1.82) is 0 Å². The summed E-state index contributed by atoms with van der Waals surface area (Å²) in [7, 11) is -3.48. The monoisotopic (exact) mass is 442 g/mol. The van der Waals surface area contributed by atoms with Crippen molar-refractivity contribution >= 4 is 21.6 Å². The van der Waals surface area contributed by atoms with Crippen LogP contribution >= 0.6 is 0 Å². The highest BCUT2D eigenvalue weighted by Gasteiger charge is 2.26. The minimum absolute atomic E-state index is 0.133. The maximum atomic E-state index is 12.6. The molecule has 0 atom stereocenters. The molecule has 0 unspecified atom stereocenters. The van der Waals surface area contributed by atoms with Gasteiger partial charge in [0, 0.05) is 18.8 Å². The second-order valence-electron chi connectivity index (χ2n) is 7.02. The zero-order chi connectivity index (χ0) is 21.7. The Morgan fingerprint density at radius 1 is 1.03 bits per heavy atom. The van der Waals surface area contributed by atoms with Gasteiger partial charge in [0.05, 0.1) is 4.90 Å². The number of nitrogens with zero attached hydrogens (tertiary/aromatic N) is 5. The van der Waals surface area contributed by atoms with Gasteiger partial charge >= 0.3 is 0 Å². The lowest BCUT2D eigenvalue weighted by Crippen LogP contribution is -2.27. The molecule has 0 saturated carbocycles. The van der Waals surface area contributed by atoms with Crippen molar-refractivity contribution in [3.8, 4) is 5.75 Å². The van der Waals surface area contributed by atoms with Crippen molar-refractivity contribution in [3.63, 3.8) is 0 Å². The number of tetrazole rings is 1. The molecule has 0 bridgehead atoms. The van der Waals surface area contributed by atoms with Crippen LogP contribution in [0.3, 0.4) is 0 Å². The van der Waals surface area contributed by atoms with Gasteiger partial charge in [0.15, 0.2) is 6.61 Å². The third-order valence-electron chi connectivity index (χ3n) is 4.73. The van der Waals surface area contributed by atoms with E-state index >= 15 is 0 Å². The normalized spacial score (nSPS) is 14.5. The van der Waals surface area contributed by atoms with E-state index in [0.29, 0.717) is 30.4 Å². The molecule has 2 heterocycles. The average Bonchev–Trinajstić information content (AvgIpc) is 3.46. The van der Waals surface area contributed by atoms with Gasteiger partial charge in [0.25, 0.3) is 0 Å². The molecule has 162 valence electrons. The lowest BCUT2D eigenvalue weighted by molar-refractivity contribution is -0.117. The standard InChI is InChI=1S/C20H22N6O4S/c27-20(14-26-23-19(22-24-26)15-30-17-6-2-1-3-7-17)21-16-8-10-18(11-9-16)31(28,29)25-12-4-5-13-25/h1-3,6-11H,4-5,12-15H2,(H,21,27). The third kappa shape index (κ3) is 5.25. The highest BCUT2D eigenvalue weighted by atomic mass is 32.2. The van der Waals surface area contributed by atoms with Crippen molar-refractivity contribution in [2.24, 2.45) is 0 Å². The van der Waals surface area contributed by atoms with Crippen molar-refractivity contribution < 1.29 is 17.9 Å². The summed E-state index contributed by atoms with van der Waals surface area (Å²) >= 11 is 0. The van der Waals surface area contributed by atoms with Gasteiger partial charge < -0.3 is 10.1 Å². The number of para-hydroxylation sites is 1. The summed E-state index contributed by atoms with van der Waals surface area (Å²) in [6.45, 7) is 1.10. The summed E-state index contributed by atoms with van der Waals surface area (Å²) in [4.78, 5) is 13.7. The number of hydrogen-bond donors (Lipinski definition) is 1. The van der Waals surface area contributed by atoms with E-state index in [2.05, 4.69) is 20.7 Å². The number of ether oxygens (including phenoxy) is 1. The topological polar surface area (TPSA) is 119 Å². The third-order valence-corrected chi connectivity index (χ3v) is 6.64. The Morgan fingerprint density at radius 3 is 2.45 bits per heavy atom. The Bertz CT molecular complexity index is 1130. The Balaban J connectivity index is 1.30. The van der Waals surface area contributed by atoms with Crippen LogP contribution in [0, 0.1) is 0 Å². The van der Waals surface area contributed by atoms with Gasteiger partial charge in [0.1, 0.15) is 12.3 Å². The Hall–Kier alpha value is -3.31. The van der Waals surface area contributed by atoms with Crippen LogP contribution in [-0.2, 0) is 28.0 Å². The SMILES string of the molecule is O=C(Cn1nnc(COc2ccccc2)n1)Nc1ccc(S(=O)(=O)N2CCCC2)cc1. The molecular formula is C20H22N6O4S. The van der Waals surface area contributed by atoms with Crippen molar-refractivity contribution in [3.05, 3.63) is 60.4 Å². The van der Waals surface area contributed by atoms with E-state index in [0.717, 1.165) is 12.8 Å². The molecule has 1 aliphatic rings. The van der Waals surface area contributed by atoms with E-state index in [1.807, 2.05) is 30.3 Å². The van der Waals surface area contributed by atoms with Crippen LogP contribution in [-0.4, -0.2) is 51.9 Å². The first kappa shape index (κ1) is 20.9. The molecule has 1 aromatic heterocycles. The molecule has 0 radical (unpaired) electrons. The number of aromatic nitrogens is 4. The molecule has 1 aliphatic heterocycles. The van der Waals surface area contributed by atoms with E-state index in [9.17, 15) is 13.2 Å². The molecule has 2 aromatic carbocycles. The van der Waals surface area contributed by atoms with Crippen LogP contribution in [0.1, 0.15) is 18.7 Å². The number of amides is 1. The molecule has 1 fully saturated rings. The summed E-state index contributed by atoms with van der Waals surface area (Å²) in [5.74, 6) is 0.683. The number of rotatable bonds is 8. The van der Waals surface area contributed by atoms with E-state index in [1.165, 1.54) is 21.2 Å². The predicted octanol–water partition coefficient (Wildman–Crippen LogP) is 1.68. The number of hydrogen-bond acceptors (Lipinski definition) is 7. The largest absolute Gasteiger partial charge is 0.485 e. The van der Waals surface area contributed by atoms with Gasteiger partial charge in [-0.3, -0.25) is 4.79 Å². The molecule has 0 spiro atoms. The molecule has 10 nitrogen and oxygen atoms in total. The second kappa shape index (κ2) is 9.23. The number of sulfonamides is 1. The first-order valence-electron chi connectivity index (χ1n) is 9.85. The Morgan fingerprint density at radius 2 is 1.74 bits per heavy atom. The summed E-state index contributed by atoms with van der Waals surface area (Å²) in [6.07, 6.45) is 1.76. The number of benzene rings is 2. The smallest absolute Gasteiger partial charge is 0.248 e. The van der Waals surface area contributed by atoms with Gasteiger partial charge in [-0.25, -0.2) is 8.42 Å². The second-order valence-corrected chi connectivity index (χ2v) is 8.96. The van der Waals surface area contributed by atoms with E-state index in [4.69, 9.17) is 4.74 Å². The fraction of sp³-hybridized carbons (Fsp3) is 0.300. The van der Waals surface area contributed by atoms with E-state index < -0.39 is 10.0 Å². The fourth-order valence-corrected chi connectivity index (χ4v) is 4.70. The molecule has 1 saturated heterocycles. The molecule has 3 aromatic rings. The highest BCUT2D eigenvalue weighted by Crippen LogP contribution is 2.22. The van der Waals surface area contributed by atoms with Gasteiger partial charge in [-0.05, 0) is 54.5 Å². The zero-order valence-corrected chi connectivity index (χ0v) is 17.5. The minimum Gasteiger partial charge on any atom is -0.485 e. The molecule has 4 rings (SSSR count). The highest BCUT2D eigenvalue weighted by molar-refractivity contribution is 7.89. The van der Waals surface area contributed by atoms with Crippen LogP contribution in [0.5, 0.6) is 5.75 Å². The van der Waals surface area contributed by atoms with Gasteiger partial charge in [0.2, 0.25) is 21.8 Å². The van der Waals surface area contributed by atoms with Crippen LogP contribution in [0.15, 0.2) is 59.5 Å². The summed E-state index contributed by atoms with van der Waals surface area (Å²) in [5.41, 5.74) is 0.484. The average molecular weight is 443 g/mol. The van der Waals surface area contributed by atoms with E-state index in [1.54, 1.807) is 12.1 Å². The fourth-order valence-electron chi connectivity index (χ4n) is 3.18. The summed E-state index contributed by atoms with van der Waals surface area (Å²) in [6, 6.07) is 15.4. The Kier molecular flexibility index (Phi) is 6.23.